The molecular weight excluding hydrogens is 305 g/mol. The summed E-state index contributed by atoms with van der Waals surface area (Å²) in [7, 11) is 0. The Labute approximate surface area is 129 Å². The number of amidine groups is 1. The van der Waals surface area contributed by atoms with E-state index in [0.717, 1.165) is 12.1 Å². The van der Waals surface area contributed by atoms with Gasteiger partial charge in [-0.3, -0.25) is 10.8 Å². The van der Waals surface area contributed by atoms with Crippen LogP contribution in [0.15, 0.2) is 35.6 Å². The van der Waals surface area contributed by atoms with Gasteiger partial charge in [-0.25, -0.2) is 13.9 Å². The maximum Gasteiger partial charge on any atom is 0.356 e. The van der Waals surface area contributed by atoms with Crippen LogP contribution in [0.25, 0.3) is 5.69 Å². The zero-order valence-corrected chi connectivity index (χ0v) is 11.5. The molecule has 9 nitrogen and oxygen atoms in total. The van der Waals surface area contributed by atoms with Crippen molar-refractivity contribution >= 4 is 23.2 Å². The standard InChI is InChI=1S/C13H10FN7O2/c14-7-1-2-11(21-4-3-8(20-21)13(22)23)9(5-7)18-19-10(6-15)12(16)17/h1-5,18H,(H3,16,17)(H,22,23)/b19-10+. The number of halogens is 1. The van der Waals surface area contributed by atoms with Crippen molar-refractivity contribution in [1.82, 2.24) is 9.78 Å². The van der Waals surface area contributed by atoms with Crippen LogP contribution in [-0.2, 0) is 0 Å². The van der Waals surface area contributed by atoms with E-state index < -0.39 is 17.6 Å². The maximum absolute atomic E-state index is 13.4. The first kappa shape index (κ1) is 15.6. The average Bonchev–Trinajstić information content (AvgIpc) is 2.97. The van der Waals surface area contributed by atoms with Crippen molar-refractivity contribution in [1.29, 1.82) is 10.7 Å². The summed E-state index contributed by atoms with van der Waals surface area (Å²) in [4.78, 5) is 10.9. The Bertz CT molecular complexity index is 850. The van der Waals surface area contributed by atoms with Gasteiger partial charge >= 0.3 is 5.97 Å². The van der Waals surface area contributed by atoms with Crippen molar-refractivity contribution < 1.29 is 14.3 Å². The highest BCUT2D eigenvalue weighted by Crippen LogP contribution is 2.21. The minimum absolute atomic E-state index is 0.110. The molecule has 1 aromatic heterocycles. The number of nitrogens with zero attached hydrogens (tertiary/aromatic N) is 4. The van der Waals surface area contributed by atoms with E-state index in [1.54, 1.807) is 6.07 Å². The summed E-state index contributed by atoms with van der Waals surface area (Å²) in [6.07, 6.45) is 1.38. The zero-order valence-electron chi connectivity index (χ0n) is 11.5. The van der Waals surface area contributed by atoms with Crippen LogP contribution < -0.4 is 11.2 Å². The van der Waals surface area contributed by atoms with Gasteiger partial charge in [0.2, 0.25) is 5.71 Å². The Morgan fingerprint density at radius 2 is 2.26 bits per heavy atom. The second kappa shape index (κ2) is 6.35. The summed E-state index contributed by atoms with van der Waals surface area (Å²) in [5.41, 5.74) is 7.41. The van der Waals surface area contributed by atoms with Crippen molar-refractivity contribution in [2.45, 2.75) is 0 Å². The van der Waals surface area contributed by atoms with Gasteiger partial charge in [0, 0.05) is 12.3 Å². The van der Waals surface area contributed by atoms with Gasteiger partial charge in [-0.1, -0.05) is 0 Å². The number of aromatic carboxylic acids is 1. The average molecular weight is 315 g/mol. The largest absolute Gasteiger partial charge is 0.476 e. The zero-order chi connectivity index (χ0) is 17.0. The number of benzene rings is 1. The third kappa shape index (κ3) is 3.48. The molecule has 0 aliphatic rings. The van der Waals surface area contributed by atoms with Gasteiger partial charge in [-0.2, -0.15) is 15.5 Å². The smallest absolute Gasteiger partial charge is 0.356 e. The van der Waals surface area contributed by atoms with Crippen LogP contribution in [0, 0.1) is 22.6 Å². The van der Waals surface area contributed by atoms with Crippen molar-refractivity contribution in [3.63, 3.8) is 0 Å². The molecule has 116 valence electrons. The lowest BCUT2D eigenvalue weighted by molar-refractivity contribution is 0.0690. The fraction of sp³-hybridized carbons (Fsp3) is 0. The molecule has 23 heavy (non-hydrogen) atoms. The quantitative estimate of drug-likeness (QED) is 0.366. The first-order chi connectivity index (χ1) is 10.9. The van der Waals surface area contributed by atoms with Gasteiger partial charge in [0.25, 0.3) is 0 Å². The van der Waals surface area contributed by atoms with Crippen LogP contribution in [0.4, 0.5) is 10.1 Å². The van der Waals surface area contributed by atoms with E-state index in [1.165, 1.54) is 23.0 Å². The monoisotopic (exact) mass is 315 g/mol. The second-order valence-electron chi connectivity index (χ2n) is 4.21. The lowest BCUT2D eigenvalue weighted by atomic mass is 10.2. The van der Waals surface area contributed by atoms with E-state index >= 15 is 0 Å². The van der Waals surface area contributed by atoms with E-state index in [2.05, 4.69) is 15.6 Å². The molecule has 0 bridgehead atoms. The predicted octanol–water partition coefficient (Wildman–Crippen LogP) is 0.937. The number of hydrazone groups is 1. The highest BCUT2D eigenvalue weighted by atomic mass is 19.1. The Hall–Kier alpha value is -3.74. The first-order valence-corrected chi connectivity index (χ1v) is 6.09. The van der Waals surface area contributed by atoms with Crippen molar-refractivity contribution in [3.8, 4) is 11.8 Å². The van der Waals surface area contributed by atoms with Gasteiger partial charge < -0.3 is 10.8 Å². The van der Waals surface area contributed by atoms with E-state index in [9.17, 15) is 9.18 Å². The third-order valence-corrected chi connectivity index (χ3v) is 2.66. The summed E-state index contributed by atoms with van der Waals surface area (Å²) in [6.45, 7) is 0. The van der Waals surface area contributed by atoms with Crippen molar-refractivity contribution in [2.24, 2.45) is 10.8 Å². The summed E-state index contributed by atoms with van der Waals surface area (Å²) >= 11 is 0. The minimum atomic E-state index is -1.21. The molecule has 2 aromatic rings. The van der Waals surface area contributed by atoms with Crippen LogP contribution in [0.3, 0.4) is 0 Å². The summed E-state index contributed by atoms with van der Waals surface area (Å²) in [5, 5.41) is 32.3. The number of nitrogens with one attached hydrogen (secondary N) is 2. The van der Waals surface area contributed by atoms with E-state index in [1.807, 2.05) is 0 Å². The molecule has 0 spiro atoms. The normalized spacial score (nSPS) is 10.9. The SMILES string of the molecule is N#C/C(=N\Nc1cc(F)ccc1-n1ccc(C(=O)O)n1)C(=N)N. The van der Waals surface area contributed by atoms with Gasteiger partial charge in [0.05, 0.1) is 11.4 Å². The lowest BCUT2D eigenvalue weighted by Crippen LogP contribution is -2.22. The van der Waals surface area contributed by atoms with Gasteiger partial charge in [0.1, 0.15) is 11.9 Å². The molecule has 1 aromatic carbocycles. The molecule has 0 aliphatic heterocycles. The second-order valence-corrected chi connectivity index (χ2v) is 4.21. The number of hydrogen-bond donors (Lipinski definition) is 4. The third-order valence-electron chi connectivity index (χ3n) is 2.66. The lowest BCUT2D eigenvalue weighted by Gasteiger charge is -2.09. The van der Waals surface area contributed by atoms with E-state index in [4.69, 9.17) is 21.5 Å². The summed E-state index contributed by atoms with van der Waals surface area (Å²) in [6, 6.07) is 6.47. The Balaban J connectivity index is 2.43. The number of aromatic nitrogens is 2. The molecule has 0 radical (unpaired) electrons. The number of nitriles is 1. The van der Waals surface area contributed by atoms with E-state index in [-0.39, 0.29) is 17.1 Å². The van der Waals surface area contributed by atoms with E-state index in [0.29, 0.717) is 5.69 Å². The fourth-order valence-electron chi connectivity index (χ4n) is 1.63. The number of carbonyl (C=O) groups is 1. The van der Waals surface area contributed by atoms with Gasteiger partial charge in [-0.05, 0) is 18.2 Å². The number of hydrogen-bond acceptors (Lipinski definition) is 6. The molecule has 10 heteroatoms. The minimum Gasteiger partial charge on any atom is -0.476 e. The highest BCUT2D eigenvalue weighted by molar-refractivity contribution is 6.45. The number of carboxylic acid groups (broad SMARTS) is 1. The van der Waals surface area contributed by atoms with Crippen LogP contribution in [0.1, 0.15) is 10.5 Å². The molecule has 1 heterocycles. The Kier molecular flexibility index (Phi) is 4.32. The molecule has 0 unspecified atom stereocenters. The number of nitrogens with two attached hydrogens (primary N) is 1. The van der Waals surface area contributed by atoms with Crippen LogP contribution in [-0.4, -0.2) is 32.4 Å². The molecule has 0 amide bonds. The summed E-state index contributed by atoms with van der Waals surface area (Å²) in [5.74, 6) is -2.34. The van der Waals surface area contributed by atoms with Crippen molar-refractivity contribution in [2.75, 3.05) is 5.43 Å². The Morgan fingerprint density at radius 1 is 1.52 bits per heavy atom. The molecule has 0 aliphatic carbocycles. The van der Waals surface area contributed by atoms with Crippen LogP contribution >= 0.6 is 0 Å². The van der Waals surface area contributed by atoms with Crippen molar-refractivity contribution in [3.05, 3.63) is 42.0 Å². The number of carboxylic acids is 1. The topological polar surface area (TPSA) is 153 Å². The van der Waals surface area contributed by atoms with Crippen LogP contribution in [0.5, 0.6) is 0 Å². The molecule has 0 saturated heterocycles. The van der Waals surface area contributed by atoms with Gasteiger partial charge in [0.15, 0.2) is 11.5 Å². The number of rotatable bonds is 5. The molecule has 0 saturated carbocycles. The van der Waals surface area contributed by atoms with Gasteiger partial charge in [-0.15, -0.1) is 0 Å². The molecular formula is C13H10FN7O2. The fourth-order valence-corrected chi connectivity index (χ4v) is 1.63. The number of anilines is 1. The maximum atomic E-state index is 13.4. The first-order valence-electron chi connectivity index (χ1n) is 6.09. The highest BCUT2D eigenvalue weighted by Gasteiger charge is 2.12. The Morgan fingerprint density at radius 3 is 2.83 bits per heavy atom. The predicted molar refractivity (Wildman–Crippen MR) is 79.1 cm³/mol. The molecule has 0 fully saturated rings. The summed E-state index contributed by atoms with van der Waals surface area (Å²) < 4.78 is 14.6. The molecule has 0 atom stereocenters. The van der Waals surface area contributed by atoms with Crippen LogP contribution in [0.2, 0.25) is 0 Å². The molecule has 2 rings (SSSR count). The molecule has 5 N–H and O–H groups in total.